The standard InChI is InChI=1S/C15H26N4OS.HI/c1-4-16-15(17-8-12-6-5-7-14(12)20)19(3)9-13-10-21-11(2)18-13;/h10,12,14,20H,4-9H2,1-3H3,(H,16,17);1H. The van der Waals surface area contributed by atoms with Crippen LogP contribution in [0.3, 0.4) is 0 Å². The molecule has 1 saturated carbocycles. The Hall–Kier alpha value is -0.410. The molecule has 0 aromatic carbocycles. The first kappa shape index (κ1) is 19.6. The van der Waals surface area contributed by atoms with Crippen molar-refractivity contribution in [1.82, 2.24) is 15.2 Å². The molecule has 7 heteroatoms. The van der Waals surface area contributed by atoms with E-state index in [1.807, 2.05) is 14.0 Å². The molecule has 126 valence electrons. The minimum Gasteiger partial charge on any atom is -0.393 e. The maximum atomic E-state index is 9.90. The molecular formula is C15H27IN4OS. The molecule has 2 unspecified atom stereocenters. The maximum absolute atomic E-state index is 9.90. The number of aliphatic imine (C=N–C) groups is 1. The van der Waals surface area contributed by atoms with Crippen molar-refractivity contribution in [3.05, 3.63) is 16.1 Å². The molecular weight excluding hydrogens is 411 g/mol. The Kier molecular flexibility index (Phi) is 8.63. The third-order valence-electron chi connectivity index (χ3n) is 3.86. The van der Waals surface area contributed by atoms with E-state index < -0.39 is 0 Å². The second-order valence-corrected chi connectivity index (χ2v) is 6.73. The molecule has 1 aliphatic rings. The Balaban J connectivity index is 0.00000242. The van der Waals surface area contributed by atoms with E-state index in [1.54, 1.807) is 11.3 Å². The molecule has 1 heterocycles. The van der Waals surface area contributed by atoms with Crippen LogP contribution >= 0.6 is 35.3 Å². The van der Waals surface area contributed by atoms with Crippen LogP contribution in [0.15, 0.2) is 10.4 Å². The van der Waals surface area contributed by atoms with E-state index in [-0.39, 0.29) is 30.1 Å². The number of nitrogens with one attached hydrogen (secondary N) is 1. The summed E-state index contributed by atoms with van der Waals surface area (Å²) in [5.74, 6) is 1.20. The zero-order chi connectivity index (χ0) is 15.2. The van der Waals surface area contributed by atoms with Crippen LogP contribution in [0.25, 0.3) is 0 Å². The van der Waals surface area contributed by atoms with Crippen LogP contribution in [0.1, 0.15) is 36.9 Å². The van der Waals surface area contributed by atoms with Crippen LogP contribution in [0.4, 0.5) is 0 Å². The predicted molar refractivity (Wildman–Crippen MR) is 103 cm³/mol. The molecule has 1 aliphatic carbocycles. The van der Waals surface area contributed by atoms with E-state index in [1.165, 1.54) is 0 Å². The Morgan fingerprint density at radius 1 is 1.55 bits per heavy atom. The zero-order valence-electron chi connectivity index (χ0n) is 13.6. The van der Waals surface area contributed by atoms with E-state index in [9.17, 15) is 5.11 Å². The van der Waals surface area contributed by atoms with Gasteiger partial charge in [-0.1, -0.05) is 6.42 Å². The van der Waals surface area contributed by atoms with Gasteiger partial charge in [-0.15, -0.1) is 35.3 Å². The summed E-state index contributed by atoms with van der Waals surface area (Å²) in [6.07, 6.45) is 2.94. The van der Waals surface area contributed by atoms with Gasteiger partial charge in [-0.3, -0.25) is 4.99 Å². The van der Waals surface area contributed by atoms with Crippen LogP contribution in [-0.4, -0.2) is 47.2 Å². The maximum Gasteiger partial charge on any atom is 0.194 e. The zero-order valence-corrected chi connectivity index (χ0v) is 16.7. The van der Waals surface area contributed by atoms with Crippen molar-refractivity contribution in [2.75, 3.05) is 20.1 Å². The summed E-state index contributed by atoms with van der Waals surface area (Å²) in [6, 6.07) is 0. The topological polar surface area (TPSA) is 60.8 Å². The summed E-state index contributed by atoms with van der Waals surface area (Å²) in [5.41, 5.74) is 1.08. The van der Waals surface area contributed by atoms with Gasteiger partial charge >= 0.3 is 0 Å². The summed E-state index contributed by atoms with van der Waals surface area (Å²) < 4.78 is 0. The number of hydrogen-bond donors (Lipinski definition) is 2. The molecule has 2 atom stereocenters. The van der Waals surface area contributed by atoms with E-state index >= 15 is 0 Å². The number of aromatic nitrogens is 1. The van der Waals surface area contributed by atoms with Crippen molar-refractivity contribution in [2.45, 2.75) is 45.8 Å². The Morgan fingerprint density at radius 2 is 2.32 bits per heavy atom. The number of rotatable bonds is 5. The normalized spacial score (nSPS) is 21.5. The Bertz CT molecular complexity index is 480. The molecule has 0 amide bonds. The number of guanidine groups is 1. The largest absolute Gasteiger partial charge is 0.393 e. The molecule has 2 rings (SSSR count). The molecule has 0 spiro atoms. The van der Waals surface area contributed by atoms with Crippen molar-refractivity contribution in [2.24, 2.45) is 10.9 Å². The number of halogens is 1. The first-order valence-electron chi connectivity index (χ1n) is 7.68. The molecule has 1 aromatic heterocycles. The smallest absolute Gasteiger partial charge is 0.194 e. The van der Waals surface area contributed by atoms with Crippen molar-refractivity contribution in [3.63, 3.8) is 0 Å². The van der Waals surface area contributed by atoms with Gasteiger partial charge in [0.05, 0.1) is 23.4 Å². The van der Waals surface area contributed by atoms with Gasteiger partial charge in [-0.2, -0.15) is 0 Å². The number of aliphatic hydroxyl groups excluding tert-OH is 1. The number of nitrogens with zero attached hydrogens (tertiary/aromatic N) is 3. The minimum absolute atomic E-state index is 0. The van der Waals surface area contributed by atoms with Crippen LogP contribution in [-0.2, 0) is 6.54 Å². The lowest BCUT2D eigenvalue weighted by molar-refractivity contribution is 0.136. The average Bonchev–Trinajstić information content (AvgIpc) is 3.03. The highest BCUT2D eigenvalue weighted by Gasteiger charge is 2.25. The van der Waals surface area contributed by atoms with E-state index in [0.717, 1.165) is 49.0 Å². The summed E-state index contributed by atoms with van der Waals surface area (Å²) >= 11 is 1.67. The van der Waals surface area contributed by atoms with E-state index in [2.05, 4.69) is 27.5 Å². The molecule has 0 aliphatic heterocycles. The lowest BCUT2D eigenvalue weighted by atomic mass is 10.1. The lowest BCUT2D eigenvalue weighted by Crippen LogP contribution is -2.39. The van der Waals surface area contributed by atoms with Gasteiger partial charge in [0.2, 0.25) is 0 Å². The molecule has 5 nitrogen and oxygen atoms in total. The Labute approximate surface area is 154 Å². The number of aryl methyl sites for hydroxylation is 1. The predicted octanol–water partition coefficient (Wildman–Crippen LogP) is 2.63. The molecule has 1 aromatic rings. The van der Waals surface area contributed by atoms with Gasteiger partial charge in [-0.25, -0.2) is 4.98 Å². The lowest BCUT2D eigenvalue weighted by Gasteiger charge is -2.22. The fourth-order valence-corrected chi connectivity index (χ4v) is 3.31. The highest BCUT2D eigenvalue weighted by molar-refractivity contribution is 14.0. The molecule has 2 N–H and O–H groups in total. The second-order valence-electron chi connectivity index (χ2n) is 5.67. The third kappa shape index (κ3) is 5.66. The average molecular weight is 438 g/mol. The second kappa shape index (κ2) is 9.67. The van der Waals surface area contributed by atoms with Crippen LogP contribution in [0, 0.1) is 12.8 Å². The molecule has 0 bridgehead atoms. The first-order chi connectivity index (χ1) is 10.1. The monoisotopic (exact) mass is 438 g/mol. The molecule has 0 saturated heterocycles. The summed E-state index contributed by atoms with van der Waals surface area (Å²) in [5, 5.41) is 16.4. The fourth-order valence-electron chi connectivity index (χ4n) is 2.70. The highest BCUT2D eigenvalue weighted by atomic mass is 127. The molecule has 22 heavy (non-hydrogen) atoms. The SMILES string of the molecule is CCNC(=NCC1CCCC1O)N(C)Cc1csc(C)n1.I. The minimum atomic E-state index is -0.178. The molecule has 0 radical (unpaired) electrons. The summed E-state index contributed by atoms with van der Waals surface area (Å²) in [4.78, 5) is 11.3. The number of aliphatic hydroxyl groups is 1. The number of thiazole rings is 1. The van der Waals surface area contributed by atoms with Crippen molar-refractivity contribution in [3.8, 4) is 0 Å². The van der Waals surface area contributed by atoms with Gasteiger partial charge in [0.25, 0.3) is 0 Å². The molecule has 1 fully saturated rings. The Morgan fingerprint density at radius 3 is 2.86 bits per heavy atom. The first-order valence-corrected chi connectivity index (χ1v) is 8.56. The third-order valence-corrected chi connectivity index (χ3v) is 4.68. The summed E-state index contributed by atoms with van der Waals surface area (Å²) in [6.45, 7) is 6.38. The van der Waals surface area contributed by atoms with Gasteiger partial charge in [0.15, 0.2) is 5.96 Å². The van der Waals surface area contributed by atoms with Crippen molar-refractivity contribution in [1.29, 1.82) is 0 Å². The van der Waals surface area contributed by atoms with E-state index in [0.29, 0.717) is 12.5 Å². The van der Waals surface area contributed by atoms with Crippen molar-refractivity contribution >= 4 is 41.3 Å². The van der Waals surface area contributed by atoms with Crippen LogP contribution < -0.4 is 5.32 Å². The van der Waals surface area contributed by atoms with E-state index in [4.69, 9.17) is 4.99 Å². The van der Waals surface area contributed by atoms with Crippen LogP contribution in [0.5, 0.6) is 0 Å². The van der Waals surface area contributed by atoms with Gasteiger partial charge < -0.3 is 15.3 Å². The quantitative estimate of drug-likeness (QED) is 0.422. The highest BCUT2D eigenvalue weighted by Crippen LogP contribution is 2.25. The van der Waals surface area contributed by atoms with Gasteiger partial charge in [-0.05, 0) is 26.7 Å². The van der Waals surface area contributed by atoms with Gasteiger partial charge in [0.1, 0.15) is 0 Å². The van der Waals surface area contributed by atoms with Crippen molar-refractivity contribution < 1.29 is 5.11 Å². The van der Waals surface area contributed by atoms with Gasteiger partial charge in [0, 0.05) is 31.4 Å². The summed E-state index contributed by atoms with van der Waals surface area (Å²) in [7, 11) is 2.03. The fraction of sp³-hybridized carbons (Fsp3) is 0.733. The number of hydrogen-bond acceptors (Lipinski definition) is 4. The van der Waals surface area contributed by atoms with Crippen LogP contribution in [0.2, 0.25) is 0 Å².